The van der Waals surface area contributed by atoms with Crippen LogP contribution in [0.15, 0.2) is 0 Å². The summed E-state index contributed by atoms with van der Waals surface area (Å²) in [6.45, 7) is 9.47. The molecule has 0 unspecified atom stereocenters. The minimum atomic E-state index is -0.680. The van der Waals surface area contributed by atoms with E-state index in [1.807, 2.05) is 34.6 Å². The molecule has 0 spiro atoms. The Morgan fingerprint density at radius 2 is 1.11 bits per heavy atom. The summed E-state index contributed by atoms with van der Waals surface area (Å²) in [6, 6.07) is 0. The summed E-state index contributed by atoms with van der Waals surface area (Å²) in [4.78, 5) is 0. The van der Waals surface area contributed by atoms with E-state index < -0.39 is 17.7 Å². The lowest BCUT2D eigenvalue weighted by atomic mass is 9.80. The molecule has 0 aromatic rings. The zero-order chi connectivity index (χ0) is 13.3. The molecule has 1 N–H and O–H groups in total. The molecule has 1 saturated carbocycles. The molecule has 3 fully saturated rings. The maximum atomic E-state index is 10.4. The Hall–Kier alpha value is -0.200. The molecule has 2 saturated heterocycles. The van der Waals surface area contributed by atoms with Gasteiger partial charge in [0.1, 0.15) is 18.3 Å². The number of rotatable bonds is 0. The zero-order valence-electron chi connectivity index (χ0n) is 11.5. The van der Waals surface area contributed by atoms with Crippen LogP contribution in [0.25, 0.3) is 0 Å². The summed E-state index contributed by atoms with van der Waals surface area (Å²) in [5, 5.41) is 10.4. The SMILES string of the molecule is C[C@@H]1[C@H](O)[C@@H]2OC(C)(C)O[C@@H]2[C@@H]2OC(C)(C)O[C@H]12. The second-order valence-corrected chi connectivity index (χ2v) is 6.48. The van der Waals surface area contributed by atoms with Gasteiger partial charge in [-0.25, -0.2) is 0 Å². The fourth-order valence-corrected chi connectivity index (χ4v) is 3.31. The van der Waals surface area contributed by atoms with Gasteiger partial charge in [-0.3, -0.25) is 0 Å². The third-order valence-corrected chi connectivity index (χ3v) is 4.04. The lowest BCUT2D eigenvalue weighted by molar-refractivity contribution is -0.179. The first-order valence-electron chi connectivity index (χ1n) is 6.59. The van der Waals surface area contributed by atoms with Gasteiger partial charge < -0.3 is 24.1 Å². The standard InChI is InChI=1S/C13H22O5/c1-6-7(14)9-11(18-13(4,5)16-9)10-8(6)15-12(2,3)17-10/h6-11,14H,1-5H3/t6-,7+,8-,9+,10-,11+/m1/s1. The Balaban J connectivity index is 1.91. The molecule has 18 heavy (non-hydrogen) atoms. The van der Waals surface area contributed by atoms with Crippen LogP contribution in [0.1, 0.15) is 34.6 Å². The number of aliphatic hydroxyl groups is 1. The van der Waals surface area contributed by atoms with Crippen molar-refractivity contribution >= 4 is 0 Å². The molecular weight excluding hydrogens is 236 g/mol. The van der Waals surface area contributed by atoms with Gasteiger partial charge in [-0.1, -0.05) is 6.92 Å². The van der Waals surface area contributed by atoms with Gasteiger partial charge in [0.05, 0.1) is 12.2 Å². The van der Waals surface area contributed by atoms with Crippen LogP contribution >= 0.6 is 0 Å². The van der Waals surface area contributed by atoms with Gasteiger partial charge in [0.15, 0.2) is 11.6 Å². The predicted molar refractivity (Wildman–Crippen MR) is 62.8 cm³/mol. The Morgan fingerprint density at radius 1 is 0.722 bits per heavy atom. The number of fused-ring (bicyclic) bond motifs is 3. The van der Waals surface area contributed by atoms with E-state index in [2.05, 4.69) is 0 Å². The molecule has 5 heteroatoms. The molecule has 2 heterocycles. The molecular formula is C13H22O5. The molecule has 5 nitrogen and oxygen atoms in total. The largest absolute Gasteiger partial charge is 0.390 e. The van der Waals surface area contributed by atoms with Crippen LogP contribution in [0.4, 0.5) is 0 Å². The van der Waals surface area contributed by atoms with Crippen LogP contribution in [-0.4, -0.2) is 47.2 Å². The Morgan fingerprint density at radius 3 is 1.67 bits per heavy atom. The van der Waals surface area contributed by atoms with Crippen molar-refractivity contribution in [2.24, 2.45) is 5.92 Å². The van der Waals surface area contributed by atoms with E-state index in [9.17, 15) is 5.11 Å². The van der Waals surface area contributed by atoms with Crippen LogP contribution in [0.3, 0.4) is 0 Å². The van der Waals surface area contributed by atoms with E-state index >= 15 is 0 Å². The molecule has 0 amide bonds. The Labute approximate surface area is 107 Å². The Bertz CT molecular complexity index is 319. The van der Waals surface area contributed by atoms with E-state index in [0.29, 0.717) is 0 Å². The second kappa shape index (κ2) is 3.67. The molecule has 0 aromatic carbocycles. The molecule has 0 aromatic heterocycles. The van der Waals surface area contributed by atoms with Crippen molar-refractivity contribution in [2.75, 3.05) is 0 Å². The van der Waals surface area contributed by atoms with Gasteiger partial charge in [-0.15, -0.1) is 0 Å². The molecule has 1 aliphatic carbocycles. The quantitative estimate of drug-likeness (QED) is 0.703. The predicted octanol–water partition coefficient (Wildman–Crippen LogP) is 1.04. The number of hydrogen-bond acceptors (Lipinski definition) is 5. The molecule has 104 valence electrons. The first-order chi connectivity index (χ1) is 8.20. The van der Waals surface area contributed by atoms with E-state index in [1.54, 1.807) is 0 Å². The highest BCUT2D eigenvalue weighted by Gasteiger charge is 2.61. The maximum Gasteiger partial charge on any atom is 0.164 e. The highest BCUT2D eigenvalue weighted by molar-refractivity contribution is 5.06. The lowest BCUT2D eigenvalue weighted by Crippen LogP contribution is -2.57. The van der Waals surface area contributed by atoms with Crippen molar-refractivity contribution in [3.63, 3.8) is 0 Å². The molecule has 0 radical (unpaired) electrons. The minimum Gasteiger partial charge on any atom is -0.390 e. The van der Waals surface area contributed by atoms with E-state index in [0.717, 1.165) is 0 Å². The Kier molecular flexibility index (Phi) is 2.61. The van der Waals surface area contributed by atoms with Gasteiger partial charge in [0.25, 0.3) is 0 Å². The number of hydrogen-bond donors (Lipinski definition) is 1. The van der Waals surface area contributed by atoms with E-state index in [1.165, 1.54) is 0 Å². The second-order valence-electron chi connectivity index (χ2n) is 6.48. The number of ether oxygens (including phenoxy) is 4. The van der Waals surface area contributed by atoms with E-state index in [-0.39, 0.29) is 30.3 Å². The third-order valence-electron chi connectivity index (χ3n) is 4.04. The van der Waals surface area contributed by atoms with E-state index in [4.69, 9.17) is 18.9 Å². The first kappa shape index (κ1) is 12.8. The normalized spacial score (nSPS) is 53.0. The summed E-state index contributed by atoms with van der Waals surface area (Å²) >= 11 is 0. The summed E-state index contributed by atoms with van der Waals surface area (Å²) in [5.74, 6) is -1.34. The van der Waals surface area contributed by atoms with Crippen LogP contribution in [0.2, 0.25) is 0 Å². The van der Waals surface area contributed by atoms with Gasteiger partial charge in [-0.05, 0) is 27.7 Å². The van der Waals surface area contributed by atoms with Gasteiger partial charge in [0.2, 0.25) is 0 Å². The molecule has 2 aliphatic heterocycles. The summed E-state index contributed by atoms with van der Waals surface area (Å²) in [6.07, 6.45) is -1.51. The monoisotopic (exact) mass is 258 g/mol. The number of aliphatic hydroxyl groups excluding tert-OH is 1. The van der Waals surface area contributed by atoms with Crippen molar-refractivity contribution in [1.82, 2.24) is 0 Å². The van der Waals surface area contributed by atoms with Crippen molar-refractivity contribution in [1.29, 1.82) is 0 Å². The summed E-state index contributed by atoms with van der Waals surface area (Å²) in [7, 11) is 0. The minimum absolute atomic E-state index is 0.0319. The zero-order valence-corrected chi connectivity index (χ0v) is 11.5. The lowest BCUT2D eigenvalue weighted by Gasteiger charge is -2.39. The smallest absolute Gasteiger partial charge is 0.164 e. The average molecular weight is 258 g/mol. The molecule has 3 aliphatic rings. The highest BCUT2D eigenvalue weighted by atomic mass is 16.8. The topological polar surface area (TPSA) is 57.2 Å². The summed E-state index contributed by atoms with van der Waals surface area (Å²) in [5.41, 5.74) is 0. The molecule has 6 atom stereocenters. The van der Waals surface area contributed by atoms with Crippen LogP contribution < -0.4 is 0 Å². The fraction of sp³-hybridized carbons (Fsp3) is 1.00. The van der Waals surface area contributed by atoms with Gasteiger partial charge >= 0.3 is 0 Å². The van der Waals surface area contributed by atoms with Crippen LogP contribution in [0.5, 0.6) is 0 Å². The van der Waals surface area contributed by atoms with Crippen molar-refractivity contribution in [3.8, 4) is 0 Å². The molecule has 0 bridgehead atoms. The summed E-state index contributed by atoms with van der Waals surface area (Å²) < 4.78 is 23.5. The molecule has 3 rings (SSSR count). The van der Waals surface area contributed by atoms with Gasteiger partial charge in [-0.2, -0.15) is 0 Å². The van der Waals surface area contributed by atoms with Crippen molar-refractivity contribution in [3.05, 3.63) is 0 Å². The first-order valence-corrected chi connectivity index (χ1v) is 6.59. The van der Waals surface area contributed by atoms with Crippen molar-refractivity contribution in [2.45, 2.75) is 76.7 Å². The van der Waals surface area contributed by atoms with Crippen LogP contribution in [-0.2, 0) is 18.9 Å². The third kappa shape index (κ3) is 1.80. The van der Waals surface area contributed by atoms with Crippen LogP contribution in [0, 0.1) is 5.92 Å². The van der Waals surface area contributed by atoms with Crippen molar-refractivity contribution < 1.29 is 24.1 Å². The average Bonchev–Trinajstić information content (AvgIpc) is 2.71. The maximum absolute atomic E-state index is 10.4. The fourth-order valence-electron chi connectivity index (χ4n) is 3.31. The van der Waals surface area contributed by atoms with Gasteiger partial charge in [0, 0.05) is 5.92 Å². The highest BCUT2D eigenvalue weighted by Crippen LogP contribution is 2.46.